The Morgan fingerprint density at radius 3 is 2.82 bits per heavy atom. The van der Waals surface area contributed by atoms with Gasteiger partial charge in [0, 0.05) is 18.4 Å². The van der Waals surface area contributed by atoms with Crippen LogP contribution in [0.25, 0.3) is 5.82 Å². The van der Waals surface area contributed by atoms with Gasteiger partial charge in [0.2, 0.25) is 0 Å². The van der Waals surface area contributed by atoms with Gasteiger partial charge in [0.25, 0.3) is 5.91 Å². The smallest absolute Gasteiger partial charge is 0.306 e. The second kappa shape index (κ2) is 5.97. The lowest BCUT2D eigenvalue weighted by Crippen LogP contribution is -2.34. The number of nitrogens with one attached hydrogen (secondary N) is 1. The van der Waals surface area contributed by atoms with Gasteiger partial charge >= 0.3 is 5.97 Å². The average Bonchev–Trinajstić information content (AvgIpc) is 3.19. The van der Waals surface area contributed by atoms with Crippen molar-refractivity contribution in [2.24, 2.45) is 5.92 Å². The lowest BCUT2D eigenvalue weighted by molar-refractivity contribution is -0.141. The van der Waals surface area contributed by atoms with Crippen molar-refractivity contribution in [1.29, 1.82) is 0 Å². The molecule has 0 radical (unpaired) electrons. The highest BCUT2D eigenvalue weighted by molar-refractivity contribution is 5.92. The van der Waals surface area contributed by atoms with Gasteiger partial charge in [-0.15, -0.1) is 0 Å². The molecule has 0 unspecified atom stereocenters. The van der Waals surface area contributed by atoms with Gasteiger partial charge in [-0.1, -0.05) is 6.07 Å². The van der Waals surface area contributed by atoms with Crippen LogP contribution in [0.1, 0.15) is 29.8 Å². The molecule has 0 aromatic carbocycles. The molecule has 0 saturated heterocycles. The van der Waals surface area contributed by atoms with Gasteiger partial charge in [-0.2, -0.15) is 5.10 Å². The van der Waals surface area contributed by atoms with Gasteiger partial charge in [-0.3, -0.25) is 9.59 Å². The van der Waals surface area contributed by atoms with E-state index >= 15 is 0 Å². The van der Waals surface area contributed by atoms with Crippen molar-refractivity contribution in [1.82, 2.24) is 20.1 Å². The Bertz CT molecular complexity index is 684. The maximum absolute atomic E-state index is 12.2. The largest absolute Gasteiger partial charge is 0.481 e. The molecule has 3 rings (SSSR count). The number of carbonyl (C=O) groups excluding carboxylic acids is 1. The Morgan fingerprint density at radius 2 is 2.14 bits per heavy atom. The predicted molar refractivity (Wildman–Crippen MR) is 77.6 cm³/mol. The minimum absolute atomic E-state index is 0.108. The lowest BCUT2D eigenvalue weighted by atomic mass is 10.1. The lowest BCUT2D eigenvalue weighted by Gasteiger charge is -2.12. The molecule has 22 heavy (non-hydrogen) atoms. The number of nitrogens with zero attached hydrogens (tertiary/aromatic N) is 3. The third-order valence-corrected chi connectivity index (χ3v) is 3.82. The number of carboxylic acids is 1. The van der Waals surface area contributed by atoms with Gasteiger partial charge < -0.3 is 10.4 Å². The van der Waals surface area contributed by atoms with Crippen LogP contribution in [0.2, 0.25) is 0 Å². The molecule has 1 fully saturated rings. The number of aliphatic carboxylic acids is 1. The molecular weight excluding hydrogens is 284 g/mol. The first-order valence-electron chi connectivity index (χ1n) is 7.14. The molecule has 2 aromatic heterocycles. The van der Waals surface area contributed by atoms with Crippen molar-refractivity contribution in [2.45, 2.75) is 25.3 Å². The van der Waals surface area contributed by atoms with Crippen LogP contribution in [0.4, 0.5) is 0 Å². The zero-order valence-electron chi connectivity index (χ0n) is 11.8. The summed E-state index contributed by atoms with van der Waals surface area (Å²) in [7, 11) is 0. The minimum atomic E-state index is -0.796. The van der Waals surface area contributed by atoms with Crippen LogP contribution in [0.5, 0.6) is 0 Å². The summed E-state index contributed by atoms with van der Waals surface area (Å²) in [6, 6.07) is 6.81. The fourth-order valence-corrected chi connectivity index (χ4v) is 2.68. The second-order valence-electron chi connectivity index (χ2n) is 5.35. The zero-order valence-corrected chi connectivity index (χ0v) is 11.8. The van der Waals surface area contributed by atoms with Gasteiger partial charge in [-0.25, -0.2) is 9.67 Å². The quantitative estimate of drug-likeness (QED) is 0.885. The van der Waals surface area contributed by atoms with Crippen molar-refractivity contribution in [2.75, 3.05) is 0 Å². The molecule has 2 atom stereocenters. The maximum atomic E-state index is 12.2. The third kappa shape index (κ3) is 2.98. The summed E-state index contributed by atoms with van der Waals surface area (Å²) in [5, 5.41) is 15.9. The number of amides is 1. The molecule has 1 aliphatic carbocycles. The molecule has 0 bridgehead atoms. The van der Waals surface area contributed by atoms with E-state index in [1.807, 2.05) is 0 Å². The van der Waals surface area contributed by atoms with E-state index in [9.17, 15) is 9.59 Å². The topological polar surface area (TPSA) is 97.1 Å². The number of rotatable bonds is 4. The van der Waals surface area contributed by atoms with Crippen LogP contribution in [-0.4, -0.2) is 37.8 Å². The molecule has 1 amide bonds. The highest BCUT2D eigenvalue weighted by atomic mass is 16.4. The molecule has 7 heteroatoms. The molecule has 2 heterocycles. The summed E-state index contributed by atoms with van der Waals surface area (Å²) in [4.78, 5) is 27.5. The second-order valence-corrected chi connectivity index (χ2v) is 5.35. The number of hydrogen-bond acceptors (Lipinski definition) is 4. The zero-order chi connectivity index (χ0) is 15.5. The van der Waals surface area contributed by atoms with E-state index in [-0.39, 0.29) is 17.9 Å². The Labute approximate surface area is 127 Å². The summed E-state index contributed by atoms with van der Waals surface area (Å²) in [5.74, 6) is -0.887. The maximum Gasteiger partial charge on any atom is 0.306 e. The summed E-state index contributed by atoms with van der Waals surface area (Å²) >= 11 is 0. The van der Waals surface area contributed by atoms with Crippen molar-refractivity contribution in [3.8, 4) is 5.82 Å². The molecule has 2 aromatic rings. The fraction of sp³-hybridized carbons (Fsp3) is 0.333. The molecular formula is C15H16N4O3. The van der Waals surface area contributed by atoms with Crippen LogP contribution in [0, 0.1) is 5.92 Å². The molecule has 0 spiro atoms. The Hall–Kier alpha value is -2.70. The molecule has 2 N–H and O–H groups in total. The van der Waals surface area contributed by atoms with Crippen LogP contribution in [-0.2, 0) is 4.79 Å². The van der Waals surface area contributed by atoms with Gasteiger partial charge in [0.15, 0.2) is 5.82 Å². The van der Waals surface area contributed by atoms with Crippen LogP contribution in [0.15, 0.2) is 36.7 Å². The first kappa shape index (κ1) is 14.2. The highest BCUT2D eigenvalue weighted by Gasteiger charge is 2.30. The Balaban J connectivity index is 1.68. The summed E-state index contributed by atoms with van der Waals surface area (Å²) in [5.41, 5.74) is 0.298. The van der Waals surface area contributed by atoms with Gasteiger partial charge in [0.05, 0.1) is 5.92 Å². The van der Waals surface area contributed by atoms with E-state index in [2.05, 4.69) is 15.4 Å². The number of carboxylic acid groups (broad SMARTS) is 1. The van der Waals surface area contributed by atoms with E-state index < -0.39 is 5.97 Å². The summed E-state index contributed by atoms with van der Waals surface area (Å²) in [6.45, 7) is 0. The molecule has 1 saturated carbocycles. The average molecular weight is 300 g/mol. The van der Waals surface area contributed by atoms with Crippen LogP contribution in [0.3, 0.4) is 0 Å². The van der Waals surface area contributed by atoms with E-state index in [0.717, 1.165) is 0 Å². The van der Waals surface area contributed by atoms with Crippen molar-refractivity contribution in [3.05, 3.63) is 42.4 Å². The van der Waals surface area contributed by atoms with E-state index in [0.29, 0.717) is 30.8 Å². The minimum Gasteiger partial charge on any atom is -0.481 e. The van der Waals surface area contributed by atoms with Gasteiger partial charge in [0.1, 0.15) is 5.69 Å². The SMILES string of the molecule is O=C(N[C@H]1CC[C@@H](C(=O)O)C1)c1cccc(-n2cccn2)n1. The van der Waals surface area contributed by atoms with Crippen LogP contribution < -0.4 is 5.32 Å². The normalized spacial score (nSPS) is 20.7. The number of hydrogen-bond donors (Lipinski definition) is 2. The number of pyridine rings is 1. The third-order valence-electron chi connectivity index (χ3n) is 3.82. The Kier molecular flexibility index (Phi) is 3.86. The summed E-state index contributed by atoms with van der Waals surface area (Å²) < 4.78 is 1.58. The van der Waals surface area contributed by atoms with Crippen molar-refractivity contribution < 1.29 is 14.7 Å². The van der Waals surface area contributed by atoms with Crippen molar-refractivity contribution in [3.63, 3.8) is 0 Å². The first-order valence-corrected chi connectivity index (χ1v) is 7.14. The molecule has 114 valence electrons. The van der Waals surface area contributed by atoms with E-state index in [1.165, 1.54) is 0 Å². The highest BCUT2D eigenvalue weighted by Crippen LogP contribution is 2.25. The van der Waals surface area contributed by atoms with Gasteiger partial charge in [-0.05, 0) is 37.5 Å². The molecule has 1 aliphatic rings. The Morgan fingerprint density at radius 1 is 1.27 bits per heavy atom. The van der Waals surface area contributed by atoms with Crippen molar-refractivity contribution >= 4 is 11.9 Å². The monoisotopic (exact) mass is 300 g/mol. The number of carbonyl (C=O) groups is 2. The predicted octanol–water partition coefficient (Wildman–Crippen LogP) is 1.25. The number of aromatic nitrogens is 3. The van der Waals surface area contributed by atoms with E-state index in [1.54, 1.807) is 41.3 Å². The summed E-state index contributed by atoms with van der Waals surface area (Å²) in [6.07, 6.45) is 5.14. The van der Waals surface area contributed by atoms with Crippen LogP contribution >= 0.6 is 0 Å². The molecule has 0 aliphatic heterocycles. The first-order chi connectivity index (χ1) is 10.6. The fourth-order valence-electron chi connectivity index (χ4n) is 2.68. The standard InChI is InChI=1S/C15H16N4O3/c20-14(17-11-6-5-10(9-11)15(21)22)12-3-1-4-13(18-12)19-8-2-7-16-19/h1-4,7-8,10-11H,5-6,9H2,(H,17,20)(H,21,22)/t10-,11+/m1/s1. The van der Waals surface area contributed by atoms with E-state index in [4.69, 9.17) is 5.11 Å². The molecule has 7 nitrogen and oxygen atoms in total.